The van der Waals surface area contributed by atoms with E-state index in [2.05, 4.69) is 260 Å². The molecule has 3 nitrogen and oxygen atoms in total. The lowest BCUT2D eigenvalue weighted by molar-refractivity contribution is 0.600. The van der Waals surface area contributed by atoms with Crippen molar-refractivity contribution in [3.8, 4) is 55.6 Å². The number of anilines is 3. The normalized spacial score (nSPS) is 16.0. The van der Waals surface area contributed by atoms with Crippen LogP contribution in [0.1, 0.15) is 99.9 Å². The summed E-state index contributed by atoms with van der Waals surface area (Å²) in [6.07, 6.45) is 0. The molecule has 0 amide bonds. The predicted molar refractivity (Wildman–Crippen MR) is 329 cm³/mol. The lowest BCUT2D eigenvalue weighted by Crippen LogP contribution is -2.24. The van der Waals surface area contributed by atoms with Gasteiger partial charge in [-0.3, -0.25) is 0 Å². The van der Waals surface area contributed by atoms with Crippen LogP contribution in [-0.4, -0.2) is 0 Å². The van der Waals surface area contributed by atoms with Gasteiger partial charge in [-0.15, -0.1) is 0 Å². The second-order valence-electron chi connectivity index (χ2n) is 25.1. The molecule has 11 aromatic carbocycles. The Morgan fingerprint density at radius 2 is 0.772 bits per heavy atom. The topological polar surface area (TPSA) is 29.5 Å². The third-order valence-corrected chi connectivity index (χ3v) is 19.6. The molecule has 0 aliphatic heterocycles. The van der Waals surface area contributed by atoms with Gasteiger partial charge in [0, 0.05) is 71.4 Å². The van der Waals surface area contributed by atoms with E-state index in [9.17, 15) is 0 Å². The fraction of sp³-hybridized carbons (Fsp3) is 0.158. The quantitative estimate of drug-likeness (QED) is 0.176. The fourth-order valence-electron chi connectivity index (χ4n) is 15.7. The van der Waals surface area contributed by atoms with Crippen LogP contribution < -0.4 is 4.90 Å². The fourth-order valence-corrected chi connectivity index (χ4v) is 15.7. The van der Waals surface area contributed by atoms with Crippen molar-refractivity contribution in [2.75, 3.05) is 4.90 Å². The molecule has 0 N–H and O–H groups in total. The Bertz CT molecular complexity index is 4910. The second kappa shape index (κ2) is 15.0. The molecule has 4 aliphatic rings. The Morgan fingerprint density at radius 3 is 1.49 bits per heavy atom. The highest BCUT2D eigenvalue weighted by atomic mass is 16.3. The standard InChI is InChI=1S/C76H57NO2/c1-73(2)56-25-15-11-21-48(56)49-34-30-44(38-58(49)73)55-41-61-64(66-53-23-13-17-27-62(53)78-71(55)66)51-35-32-46(39-59(51)74(61,3)4)77(45-31-29-42-19-9-10-20-43(42)37-45)47-33-36-52-60(40-47)76(7,8)69-65(52)67-54-24-14-18-28-63(54)79-72(67)68-50-22-12-16-26-57(50)75(5,6)70(68)69/h9-41H,1-8H3. The van der Waals surface area contributed by atoms with E-state index in [4.69, 9.17) is 8.83 Å². The zero-order valence-corrected chi connectivity index (χ0v) is 45.8. The highest BCUT2D eigenvalue weighted by molar-refractivity contribution is 6.22. The Labute approximate surface area is 460 Å². The molecule has 0 radical (unpaired) electrons. The van der Waals surface area contributed by atoms with Gasteiger partial charge in [-0.25, -0.2) is 0 Å². The first-order valence-electron chi connectivity index (χ1n) is 28.2. The maximum absolute atomic E-state index is 7.05. The number of hydrogen-bond acceptors (Lipinski definition) is 3. The smallest absolute Gasteiger partial charge is 0.144 e. The number of hydrogen-bond donors (Lipinski definition) is 0. The number of para-hydroxylation sites is 2. The Balaban J connectivity index is 0.869. The van der Waals surface area contributed by atoms with Crippen LogP contribution in [0, 0.1) is 0 Å². The predicted octanol–water partition coefficient (Wildman–Crippen LogP) is 21.0. The van der Waals surface area contributed by atoms with Crippen LogP contribution in [0.4, 0.5) is 17.1 Å². The lowest BCUT2D eigenvalue weighted by Gasteiger charge is -2.32. The maximum atomic E-state index is 7.05. The summed E-state index contributed by atoms with van der Waals surface area (Å²) in [5.41, 5.74) is 29.6. The minimum atomic E-state index is -0.353. The van der Waals surface area contributed by atoms with Gasteiger partial charge in [0.05, 0.1) is 0 Å². The summed E-state index contributed by atoms with van der Waals surface area (Å²) in [6.45, 7) is 19.3. The van der Waals surface area contributed by atoms with Gasteiger partial charge in [0.15, 0.2) is 0 Å². The Kier molecular flexibility index (Phi) is 8.57. The SMILES string of the molecule is CC1(C)c2ccccc2-c2ccc(-c3cc4c(c5c3oc3ccccc35)-c3ccc(N(c5ccc6c(c5)C(C)(C)c5c7c(c8oc9ccccc9c8c5-6)-c5ccccc5C7(C)C)c5ccc6ccccc6c5)cc3C4(C)C)cc21. The van der Waals surface area contributed by atoms with Crippen LogP contribution in [-0.2, 0) is 21.7 Å². The molecular weight excluding hydrogens is 959 g/mol. The van der Waals surface area contributed by atoms with E-state index in [1.807, 2.05) is 0 Å². The van der Waals surface area contributed by atoms with Crippen molar-refractivity contribution >= 4 is 71.7 Å². The average molecular weight is 1020 g/mol. The monoisotopic (exact) mass is 1020 g/mol. The van der Waals surface area contributed by atoms with E-state index < -0.39 is 0 Å². The molecule has 0 bridgehead atoms. The first-order chi connectivity index (χ1) is 38.2. The molecule has 0 atom stereocenters. The molecule has 79 heavy (non-hydrogen) atoms. The first-order valence-corrected chi connectivity index (χ1v) is 28.2. The van der Waals surface area contributed by atoms with Crippen LogP contribution in [0.25, 0.3) is 110 Å². The average Bonchev–Trinajstić information content (AvgIpc) is 2.20. The lowest BCUT2D eigenvalue weighted by atomic mass is 9.72. The summed E-state index contributed by atoms with van der Waals surface area (Å²) in [5, 5.41) is 7.15. The van der Waals surface area contributed by atoms with Gasteiger partial charge in [-0.05, 0) is 160 Å². The van der Waals surface area contributed by atoms with Gasteiger partial charge in [0.25, 0.3) is 0 Å². The minimum absolute atomic E-state index is 0.127. The van der Waals surface area contributed by atoms with Crippen molar-refractivity contribution in [2.45, 2.75) is 77.0 Å². The maximum Gasteiger partial charge on any atom is 0.144 e. The molecule has 0 saturated carbocycles. The Hall–Kier alpha value is -8.92. The van der Waals surface area contributed by atoms with Crippen LogP contribution in [0.2, 0.25) is 0 Å². The summed E-state index contributed by atoms with van der Waals surface area (Å²) in [4.78, 5) is 2.51. The van der Waals surface area contributed by atoms with Gasteiger partial charge in [-0.1, -0.05) is 195 Å². The number of fused-ring (bicyclic) bond motifs is 23. The third-order valence-electron chi connectivity index (χ3n) is 19.6. The summed E-state index contributed by atoms with van der Waals surface area (Å²) >= 11 is 0. The molecular formula is C76H57NO2. The van der Waals surface area contributed by atoms with Gasteiger partial charge >= 0.3 is 0 Å². The summed E-state index contributed by atoms with van der Waals surface area (Å²) in [5.74, 6) is 0. The number of nitrogens with zero attached hydrogens (tertiary/aromatic N) is 1. The second-order valence-corrected chi connectivity index (χ2v) is 25.1. The molecule has 378 valence electrons. The van der Waals surface area contributed by atoms with Crippen molar-refractivity contribution in [1.82, 2.24) is 0 Å². The van der Waals surface area contributed by atoms with Crippen LogP contribution >= 0.6 is 0 Å². The number of benzene rings is 11. The van der Waals surface area contributed by atoms with Gasteiger partial charge in [-0.2, -0.15) is 0 Å². The van der Waals surface area contributed by atoms with E-state index in [1.54, 1.807) is 0 Å². The summed E-state index contributed by atoms with van der Waals surface area (Å²) in [7, 11) is 0. The molecule has 13 aromatic rings. The molecule has 0 saturated heterocycles. The zero-order valence-electron chi connectivity index (χ0n) is 45.8. The van der Waals surface area contributed by atoms with E-state index in [-0.39, 0.29) is 21.7 Å². The molecule has 3 heteroatoms. The first kappa shape index (κ1) is 45.1. The molecule has 2 heterocycles. The minimum Gasteiger partial charge on any atom is -0.455 e. The van der Waals surface area contributed by atoms with Gasteiger partial charge in [0.1, 0.15) is 22.3 Å². The number of rotatable bonds is 4. The van der Waals surface area contributed by atoms with E-state index >= 15 is 0 Å². The van der Waals surface area contributed by atoms with Crippen molar-refractivity contribution < 1.29 is 8.83 Å². The van der Waals surface area contributed by atoms with Gasteiger partial charge in [0.2, 0.25) is 0 Å². The van der Waals surface area contributed by atoms with E-state index in [1.165, 1.54) is 122 Å². The molecule has 0 unspecified atom stereocenters. The van der Waals surface area contributed by atoms with E-state index in [0.717, 1.165) is 50.3 Å². The largest absolute Gasteiger partial charge is 0.455 e. The van der Waals surface area contributed by atoms with Crippen LogP contribution in [0.15, 0.2) is 209 Å². The highest BCUT2D eigenvalue weighted by Gasteiger charge is 2.49. The summed E-state index contributed by atoms with van der Waals surface area (Å²) < 4.78 is 14.1. The van der Waals surface area contributed by atoms with E-state index in [0.29, 0.717) is 0 Å². The molecule has 0 fully saturated rings. The third kappa shape index (κ3) is 5.67. The molecule has 17 rings (SSSR count). The molecule has 0 spiro atoms. The highest BCUT2D eigenvalue weighted by Crippen LogP contribution is 2.64. The Morgan fingerprint density at radius 1 is 0.304 bits per heavy atom. The summed E-state index contributed by atoms with van der Waals surface area (Å²) in [6, 6.07) is 75.0. The molecule has 2 aromatic heterocycles. The van der Waals surface area contributed by atoms with Gasteiger partial charge < -0.3 is 13.7 Å². The zero-order chi connectivity index (χ0) is 53.2. The van der Waals surface area contributed by atoms with Crippen molar-refractivity contribution in [2.24, 2.45) is 0 Å². The number of furan rings is 2. The van der Waals surface area contributed by atoms with Crippen molar-refractivity contribution in [3.05, 3.63) is 245 Å². The van der Waals surface area contributed by atoms with Crippen LogP contribution in [0.3, 0.4) is 0 Å². The van der Waals surface area contributed by atoms with Crippen LogP contribution in [0.5, 0.6) is 0 Å². The van der Waals surface area contributed by atoms with Crippen molar-refractivity contribution in [3.63, 3.8) is 0 Å². The van der Waals surface area contributed by atoms with Crippen molar-refractivity contribution in [1.29, 1.82) is 0 Å². The molecule has 4 aliphatic carbocycles.